The van der Waals surface area contributed by atoms with Crippen molar-refractivity contribution in [1.29, 1.82) is 0 Å². The van der Waals surface area contributed by atoms with E-state index in [-0.39, 0.29) is 30.3 Å². The molecule has 1 aliphatic carbocycles. The fourth-order valence-corrected chi connectivity index (χ4v) is 5.00. The van der Waals surface area contributed by atoms with Gasteiger partial charge in [0.15, 0.2) is 0 Å². The number of rotatable bonds is 5. The van der Waals surface area contributed by atoms with E-state index >= 15 is 0 Å². The van der Waals surface area contributed by atoms with Crippen LogP contribution in [-0.2, 0) is 15.0 Å². The topological polar surface area (TPSA) is 49.4 Å². The molecule has 0 bridgehead atoms. The van der Waals surface area contributed by atoms with Crippen molar-refractivity contribution in [2.45, 2.75) is 50.5 Å². The Morgan fingerprint density at radius 2 is 1.74 bits per heavy atom. The number of fused-ring (bicyclic) bond motifs is 1. The summed E-state index contributed by atoms with van der Waals surface area (Å²) in [6, 6.07) is 11.2. The highest BCUT2D eigenvalue weighted by Crippen LogP contribution is 2.43. The lowest BCUT2D eigenvalue weighted by molar-refractivity contribution is -0.130. The van der Waals surface area contributed by atoms with Crippen LogP contribution in [0.2, 0.25) is 0 Å². The van der Waals surface area contributed by atoms with Gasteiger partial charge in [0.2, 0.25) is 11.8 Å². The molecular weight excluding hydrogens is 398 g/mol. The summed E-state index contributed by atoms with van der Waals surface area (Å²) < 4.78 is 29.1. The molecule has 1 heterocycles. The zero-order valence-corrected chi connectivity index (χ0v) is 17.5. The lowest BCUT2D eigenvalue weighted by atomic mass is 9.78. The van der Waals surface area contributed by atoms with Crippen molar-refractivity contribution in [3.8, 4) is 0 Å². The van der Waals surface area contributed by atoms with Gasteiger partial charge in [-0.15, -0.1) is 0 Å². The summed E-state index contributed by atoms with van der Waals surface area (Å²) >= 11 is 0. The second kappa shape index (κ2) is 8.61. The maximum atomic E-state index is 14.5. The molecule has 1 N–H and O–H groups in total. The van der Waals surface area contributed by atoms with E-state index in [0.29, 0.717) is 12.8 Å². The molecule has 0 radical (unpaired) electrons. The Kier molecular flexibility index (Phi) is 5.90. The summed E-state index contributed by atoms with van der Waals surface area (Å²) in [5.74, 6) is -1.52. The summed E-state index contributed by atoms with van der Waals surface area (Å²) in [5, 5.41) is 2.92. The van der Waals surface area contributed by atoms with Crippen molar-refractivity contribution >= 4 is 17.9 Å². The van der Waals surface area contributed by atoms with Gasteiger partial charge in [0, 0.05) is 30.6 Å². The summed E-state index contributed by atoms with van der Waals surface area (Å²) in [6.45, 7) is 1.64. The van der Waals surface area contributed by atoms with Crippen LogP contribution in [0.1, 0.15) is 61.8 Å². The van der Waals surface area contributed by atoms with E-state index in [1.54, 1.807) is 11.1 Å². The van der Waals surface area contributed by atoms with E-state index in [9.17, 15) is 18.4 Å². The Morgan fingerprint density at radius 1 is 1.06 bits per heavy atom. The zero-order chi connectivity index (χ0) is 22.0. The SMILES string of the molecule is CC(=O)N1C=Cc2ccccc2C1CC(=O)NCC1(c2c(F)cccc2F)CCCC1. The monoisotopic (exact) mass is 424 g/mol. The van der Waals surface area contributed by atoms with Crippen LogP contribution in [0.3, 0.4) is 0 Å². The van der Waals surface area contributed by atoms with Crippen molar-refractivity contribution in [3.63, 3.8) is 0 Å². The number of hydrogen-bond acceptors (Lipinski definition) is 2. The van der Waals surface area contributed by atoms with Gasteiger partial charge in [-0.05, 0) is 42.2 Å². The Hall–Kier alpha value is -3.02. The van der Waals surface area contributed by atoms with E-state index in [1.807, 2.05) is 30.3 Å². The summed E-state index contributed by atoms with van der Waals surface area (Å²) in [5.41, 5.74) is 1.21. The average Bonchev–Trinajstić information content (AvgIpc) is 3.22. The molecule has 2 aromatic rings. The number of hydrogen-bond donors (Lipinski definition) is 1. The Morgan fingerprint density at radius 3 is 2.42 bits per heavy atom. The van der Waals surface area contributed by atoms with Crippen molar-refractivity contribution < 1.29 is 18.4 Å². The first-order chi connectivity index (χ1) is 14.9. The predicted molar refractivity (Wildman–Crippen MR) is 115 cm³/mol. The van der Waals surface area contributed by atoms with Crippen LogP contribution in [0.4, 0.5) is 8.78 Å². The highest BCUT2D eigenvalue weighted by molar-refractivity contribution is 5.81. The fraction of sp³-hybridized carbons (Fsp3) is 0.360. The molecule has 4 nitrogen and oxygen atoms in total. The van der Waals surface area contributed by atoms with Gasteiger partial charge < -0.3 is 10.2 Å². The summed E-state index contributed by atoms with van der Waals surface area (Å²) in [6.07, 6.45) is 6.62. The smallest absolute Gasteiger partial charge is 0.223 e. The third-order valence-corrected chi connectivity index (χ3v) is 6.53. The van der Waals surface area contributed by atoms with Crippen LogP contribution < -0.4 is 5.32 Å². The lowest BCUT2D eigenvalue weighted by Crippen LogP contribution is -2.42. The van der Waals surface area contributed by atoms with Crippen molar-refractivity contribution in [1.82, 2.24) is 10.2 Å². The van der Waals surface area contributed by atoms with Gasteiger partial charge in [0.25, 0.3) is 0 Å². The van der Waals surface area contributed by atoms with E-state index in [0.717, 1.165) is 24.0 Å². The van der Waals surface area contributed by atoms with Gasteiger partial charge in [-0.3, -0.25) is 9.59 Å². The van der Waals surface area contributed by atoms with Crippen LogP contribution in [-0.4, -0.2) is 23.3 Å². The molecule has 6 heteroatoms. The molecule has 1 unspecified atom stereocenters. The number of carbonyl (C=O) groups excluding carboxylic acids is 2. The van der Waals surface area contributed by atoms with Crippen molar-refractivity contribution in [2.24, 2.45) is 0 Å². The average molecular weight is 424 g/mol. The molecule has 2 amide bonds. The van der Waals surface area contributed by atoms with Gasteiger partial charge in [0.1, 0.15) is 11.6 Å². The molecule has 2 aromatic carbocycles. The third-order valence-electron chi connectivity index (χ3n) is 6.53. The standard InChI is InChI=1S/C25H26F2N2O2/c1-17(30)29-14-11-18-7-2-3-8-19(18)22(29)15-23(31)28-16-25(12-4-5-13-25)24-20(26)9-6-10-21(24)27/h2-3,6-11,14,22H,4-5,12-13,15-16H2,1H3,(H,28,31). The molecule has 0 spiro atoms. The minimum Gasteiger partial charge on any atom is -0.355 e. The quantitative estimate of drug-likeness (QED) is 0.746. The first-order valence-corrected chi connectivity index (χ1v) is 10.7. The van der Waals surface area contributed by atoms with Gasteiger partial charge in [-0.2, -0.15) is 0 Å². The lowest BCUT2D eigenvalue weighted by Gasteiger charge is -2.33. The molecule has 162 valence electrons. The summed E-state index contributed by atoms with van der Waals surface area (Å²) in [4.78, 5) is 26.6. The van der Waals surface area contributed by atoms with Crippen LogP contribution >= 0.6 is 0 Å². The first kappa shape index (κ1) is 21.2. The number of nitrogens with one attached hydrogen (secondary N) is 1. The molecule has 0 saturated heterocycles. The van der Waals surface area contributed by atoms with Crippen LogP contribution in [0, 0.1) is 11.6 Å². The van der Waals surface area contributed by atoms with Gasteiger partial charge in [0.05, 0.1) is 12.5 Å². The van der Waals surface area contributed by atoms with E-state index in [1.165, 1.54) is 25.1 Å². The number of amides is 2. The summed E-state index contributed by atoms with van der Waals surface area (Å²) in [7, 11) is 0. The third kappa shape index (κ3) is 4.11. The molecule has 2 aliphatic rings. The molecule has 1 atom stereocenters. The largest absolute Gasteiger partial charge is 0.355 e. The minimum atomic E-state index is -0.740. The second-order valence-electron chi connectivity index (χ2n) is 8.45. The molecule has 0 aromatic heterocycles. The number of benzene rings is 2. The Balaban J connectivity index is 1.53. The van der Waals surface area contributed by atoms with Crippen LogP contribution in [0.5, 0.6) is 0 Å². The first-order valence-electron chi connectivity index (χ1n) is 10.7. The minimum absolute atomic E-state index is 0.0732. The van der Waals surface area contributed by atoms with E-state index in [4.69, 9.17) is 0 Å². The molecule has 4 rings (SSSR count). The maximum Gasteiger partial charge on any atom is 0.223 e. The molecule has 31 heavy (non-hydrogen) atoms. The van der Waals surface area contributed by atoms with Gasteiger partial charge in [-0.1, -0.05) is 43.2 Å². The van der Waals surface area contributed by atoms with Crippen LogP contribution in [0.25, 0.3) is 6.08 Å². The number of nitrogens with zero attached hydrogens (tertiary/aromatic N) is 1. The zero-order valence-electron chi connectivity index (χ0n) is 17.5. The maximum absolute atomic E-state index is 14.5. The molecular formula is C25H26F2N2O2. The Bertz CT molecular complexity index is 1010. The predicted octanol–water partition coefficient (Wildman–Crippen LogP) is 4.86. The van der Waals surface area contributed by atoms with Gasteiger partial charge >= 0.3 is 0 Å². The normalized spacial score (nSPS) is 19.2. The van der Waals surface area contributed by atoms with Crippen molar-refractivity contribution in [3.05, 3.63) is 77.0 Å². The number of carbonyl (C=O) groups is 2. The second-order valence-corrected chi connectivity index (χ2v) is 8.45. The van der Waals surface area contributed by atoms with Crippen molar-refractivity contribution in [2.75, 3.05) is 6.54 Å². The van der Waals surface area contributed by atoms with Gasteiger partial charge in [-0.25, -0.2) is 8.78 Å². The Labute approximate surface area is 180 Å². The highest BCUT2D eigenvalue weighted by Gasteiger charge is 2.40. The molecule has 1 saturated carbocycles. The fourth-order valence-electron chi connectivity index (χ4n) is 5.00. The van der Waals surface area contributed by atoms with E-state index in [2.05, 4.69) is 5.32 Å². The number of halogens is 2. The van der Waals surface area contributed by atoms with Crippen LogP contribution in [0.15, 0.2) is 48.7 Å². The van der Waals surface area contributed by atoms with E-state index < -0.39 is 23.1 Å². The molecule has 1 fully saturated rings. The molecule has 1 aliphatic heterocycles. The highest BCUT2D eigenvalue weighted by atomic mass is 19.1.